The van der Waals surface area contributed by atoms with Crippen LogP contribution in [0.5, 0.6) is 0 Å². The van der Waals surface area contributed by atoms with Gasteiger partial charge in [0.2, 0.25) is 0 Å². The van der Waals surface area contributed by atoms with E-state index in [1.54, 1.807) is 0 Å². The maximum atomic E-state index is 13.5. The second kappa shape index (κ2) is 9.66. The monoisotopic (exact) mass is 444 g/mol. The van der Waals surface area contributed by atoms with Crippen molar-refractivity contribution in [2.24, 2.45) is 17.3 Å². The van der Waals surface area contributed by atoms with E-state index >= 15 is 0 Å². The molecule has 1 fully saturated rings. The van der Waals surface area contributed by atoms with Crippen molar-refractivity contribution in [3.63, 3.8) is 0 Å². The number of aliphatic hydroxyl groups is 1. The number of nitrogens with zero attached hydrogens (tertiary/aromatic N) is 1. The van der Waals surface area contributed by atoms with Crippen molar-refractivity contribution in [2.75, 3.05) is 0 Å². The van der Waals surface area contributed by atoms with E-state index < -0.39 is 6.10 Å². The predicted octanol–water partition coefficient (Wildman–Crippen LogP) is 4.91. The molecule has 1 aromatic heterocycles. The fourth-order valence-corrected chi connectivity index (χ4v) is 4.76. The number of nitrogens with one attached hydrogen (secondary N) is 1. The predicted molar refractivity (Wildman–Crippen MR) is 122 cm³/mol. The zero-order valence-corrected chi connectivity index (χ0v) is 19.6. The molecule has 4 atom stereocenters. The molecule has 1 aromatic carbocycles. The number of benzene rings is 1. The van der Waals surface area contributed by atoms with Gasteiger partial charge in [-0.3, -0.25) is 4.79 Å². The summed E-state index contributed by atoms with van der Waals surface area (Å²) in [4.78, 5) is 33.3. The van der Waals surface area contributed by atoms with Crippen LogP contribution in [-0.2, 0) is 22.4 Å². The van der Waals surface area contributed by atoms with Crippen molar-refractivity contribution in [1.82, 2.24) is 9.97 Å². The lowest BCUT2D eigenvalue weighted by atomic mass is 9.70. The van der Waals surface area contributed by atoms with Gasteiger partial charge in [0.1, 0.15) is 17.4 Å². The van der Waals surface area contributed by atoms with Crippen molar-refractivity contribution in [1.29, 1.82) is 0 Å². The number of aromatic nitrogens is 2. The second-order valence-electron chi connectivity index (χ2n) is 9.99. The SMILES string of the molecule is CC(=O)C[C@H](C(=O)C1C[C@H](O)C[C@H]1c1ncc(CCc2ccc(Cl)cc2)[nH]1)C(C)(C)C. The Morgan fingerprint density at radius 3 is 2.48 bits per heavy atom. The van der Waals surface area contributed by atoms with Crippen molar-refractivity contribution in [3.05, 3.63) is 52.6 Å². The standard InChI is InChI=1S/C25H33ClN2O3/c1-15(29)11-22(25(2,3)4)23(31)20-12-19(30)13-21(20)24-27-14-18(28-24)10-7-16-5-8-17(26)9-6-16/h5-6,8-9,14,19-22,30H,7,10-13H2,1-4H3,(H,27,28)/t19-,20?,21+,22+/m0/s1. The number of aromatic amines is 1. The molecule has 0 spiro atoms. The van der Waals surface area contributed by atoms with Gasteiger partial charge in [-0.05, 0) is 55.7 Å². The molecule has 3 rings (SSSR count). The highest BCUT2D eigenvalue weighted by Gasteiger charge is 2.45. The molecule has 1 heterocycles. The van der Waals surface area contributed by atoms with Gasteiger partial charge in [0, 0.05) is 41.1 Å². The summed E-state index contributed by atoms with van der Waals surface area (Å²) in [6.45, 7) is 7.54. The summed E-state index contributed by atoms with van der Waals surface area (Å²) >= 11 is 5.95. The first-order valence-corrected chi connectivity index (χ1v) is 11.4. The number of hydrogen-bond donors (Lipinski definition) is 2. The lowest BCUT2D eigenvalue weighted by Gasteiger charge is -2.32. The number of imidazole rings is 1. The maximum absolute atomic E-state index is 13.5. The van der Waals surface area contributed by atoms with E-state index in [1.807, 2.05) is 51.2 Å². The lowest BCUT2D eigenvalue weighted by Crippen LogP contribution is -2.36. The number of rotatable bonds is 8. The summed E-state index contributed by atoms with van der Waals surface area (Å²) in [6.07, 6.45) is 4.14. The van der Waals surface area contributed by atoms with Gasteiger partial charge < -0.3 is 14.9 Å². The zero-order valence-electron chi connectivity index (χ0n) is 18.8. The number of aryl methyl sites for hydroxylation is 2. The average molecular weight is 445 g/mol. The molecule has 6 heteroatoms. The van der Waals surface area contributed by atoms with Crippen LogP contribution in [0.2, 0.25) is 5.02 Å². The summed E-state index contributed by atoms with van der Waals surface area (Å²) in [6, 6.07) is 7.81. The minimum Gasteiger partial charge on any atom is -0.393 e. The highest BCUT2D eigenvalue weighted by molar-refractivity contribution is 6.30. The van der Waals surface area contributed by atoms with E-state index in [4.69, 9.17) is 11.6 Å². The van der Waals surface area contributed by atoms with E-state index in [9.17, 15) is 14.7 Å². The third-order valence-corrected chi connectivity index (χ3v) is 6.63. The van der Waals surface area contributed by atoms with Gasteiger partial charge in [0.25, 0.3) is 0 Å². The summed E-state index contributed by atoms with van der Waals surface area (Å²) in [7, 11) is 0. The second-order valence-corrected chi connectivity index (χ2v) is 10.4. The molecule has 0 saturated heterocycles. The van der Waals surface area contributed by atoms with Crippen molar-refractivity contribution >= 4 is 23.2 Å². The third kappa shape index (κ3) is 6.05. The van der Waals surface area contributed by atoms with Crippen LogP contribution in [0, 0.1) is 17.3 Å². The van der Waals surface area contributed by atoms with Crippen LogP contribution in [0.3, 0.4) is 0 Å². The number of Topliss-reactive ketones (excluding diaryl/α,β-unsaturated/α-hetero) is 2. The van der Waals surface area contributed by atoms with Crippen LogP contribution in [0.4, 0.5) is 0 Å². The molecule has 168 valence electrons. The molecule has 1 aliphatic carbocycles. The zero-order chi connectivity index (χ0) is 22.8. The van der Waals surface area contributed by atoms with Crippen LogP contribution in [0.15, 0.2) is 30.5 Å². The number of carbonyl (C=O) groups is 2. The molecule has 0 amide bonds. The first-order chi connectivity index (χ1) is 14.5. The van der Waals surface area contributed by atoms with Gasteiger partial charge >= 0.3 is 0 Å². The fourth-order valence-electron chi connectivity index (χ4n) is 4.63. The van der Waals surface area contributed by atoms with Crippen molar-refractivity contribution in [2.45, 2.75) is 71.8 Å². The highest BCUT2D eigenvalue weighted by Crippen LogP contribution is 2.43. The Kier molecular flexibility index (Phi) is 7.38. The summed E-state index contributed by atoms with van der Waals surface area (Å²) in [5.74, 6) is 0.0188. The van der Waals surface area contributed by atoms with E-state index in [1.165, 1.54) is 12.5 Å². The van der Waals surface area contributed by atoms with E-state index in [2.05, 4.69) is 9.97 Å². The molecule has 0 bridgehead atoms. The van der Waals surface area contributed by atoms with Gasteiger partial charge in [-0.1, -0.05) is 44.5 Å². The first-order valence-electron chi connectivity index (χ1n) is 11.0. The van der Waals surface area contributed by atoms with Crippen molar-refractivity contribution in [3.8, 4) is 0 Å². The number of hydrogen-bond acceptors (Lipinski definition) is 4. The molecule has 31 heavy (non-hydrogen) atoms. The summed E-state index contributed by atoms with van der Waals surface area (Å²) < 4.78 is 0. The normalized spacial score (nSPS) is 22.5. The molecule has 1 saturated carbocycles. The average Bonchev–Trinajstić information content (AvgIpc) is 3.30. The van der Waals surface area contributed by atoms with Gasteiger partial charge in [-0.25, -0.2) is 4.98 Å². The van der Waals surface area contributed by atoms with Crippen LogP contribution in [0.25, 0.3) is 0 Å². The minimum absolute atomic E-state index is 0.0193. The molecule has 1 unspecified atom stereocenters. The smallest absolute Gasteiger partial charge is 0.140 e. The lowest BCUT2D eigenvalue weighted by molar-refractivity contribution is -0.134. The highest BCUT2D eigenvalue weighted by atomic mass is 35.5. The Morgan fingerprint density at radius 2 is 1.87 bits per heavy atom. The summed E-state index contributed by atoms with van der Waals surface area (Å²) in [5, 5.41) is 11.1. The van der Waals surface area contributed by atoms with E-state index in [0.717, 1.165) is 29.4 Å². The number of aliphatic hydroxyl groups excluding tert-OH is 1. The van der Waals surface area contributed by atoms with Crippen LogP contribution < -0.4 is 0 Å². The van der Waals surface area contributed by atoms with Crippen LogP contribution >= 0.6 is 11.6 Å². The first kappa shape index (κ1) is 23.7. The largest absolute Gasteiger partial charge is 0.393 e. The molecule has 0 radical (unpaired) electrons. The Morgan fingerprint density at radius 1 is 1.19 bits per heavy atom. The van der Waals surface area contributed by atoms with Crippen molar-refractivity contribution < 1.29 is 14.7 Å². The van der Waals surface area contributed by atoms with Gasteiger partial charge in [-0.2, -0.15) is 0 Å². The van der Waals surface area contributed by atoms with Gasteiger partial charge in [0.05, 0.1) is 6.10 Å². The quantitative estimate of drug-likeness (QED) is 0.605. The third-order valence-electron chi connectivity index (χ3n) is 6.38. The fraction of sp³-hybridized carbons (Fsp3) is 0.560. The number of ketones is 2. The number of H-pyrrole nitrogens is 1. The van der Waals surface area contributed by atoms with E-state index in [0.29, 0.717) is 12.8 Å². The minimum atomic E-state index is -0.528. The summed E-state index contributed by atoms with van der Waals surface area (Å²) in [5.41, 5.74) is 1.89. The molecule has 0 aliphatic heterocycles. The molecule has 2 N–H and O–H groups in total. The molecular weight excluding hydrogens is 412 g/mol. The molecule has 5 nitrogen and oxygen atoms in total. The Hall–Kier alpha value is -1.98. The van der Waals surface area contributed by atoms with Gasteiger partial charge in [-0.15, -0.1) is 0 Å². The Balaban J connectivity index is 1.74. The molecule has 2 aromatic rings. The van der Waals surface area contributed by atoms with Crippen LogP contribution in [0.1, 0.15) is 70.0 Å². The van der Waals surface area contributed by atoms with E-state index in [-0.39, 0.29) is 41.2 Å². The molecule has 1 aliphatic rings. The maximum Gasteiger partial charge on any atom is 0.140 e. The number of halogens is 1. The van der Waals surface area contributed by atoms with Crippen LogP contribution in [-0.4, -0.2) is 32.7 Å². The molecular formula is C25H33ClN2O3. The number of carbonyl (C=O) groups excluding carboxylic acids is 2. The Labute approximate surface area is 189 Å². The topological polar surface area (TPSA) is 83.1 Å². The van der Waals surface area contributed by atoms with Gasteiger partial charge in [0.15, 0.2) is 0 Å². The Bertz CT molecular complexity index is 914.